The number of nitrogens with zero attached hydrogens (tertiary/aromatic N) is 2. The lowest BCUT2D eigenvalue weighted by Crippen LogP contribution is -2.31. The molecule has 0 saturated heterocycles. The van der Waals surface area contributed by atoms with Gasteiger partial charge in [-0.3, -0.25) is 0 Å². The lowest BCUT2D eigenvalue weighted by molar-refractivity contribution is 0.220. The van der Waals surface area contributed by atoms with Crippen LogP contribution in [-0.2, 0) is 6.54 Å². The fourth-order valence-electron chi connectivity index (χ4n) is 3.14. The Morgan fingerprint density at radius 2 is 1.41 bits per heavy atom. The largest absolute Gasteiger partial charge is 0.378 e. The number of carbonyl (C=O) groups is 1. The van der Waals surface area contributed by atoms with E-state index in [4.69, 9.17) is 0 Å². The van der Waals surface area contributed by atoms with Gasteiger partial charge in [0.25, 0.3) is 0 Å². The molecule has 2 amide bonds. The Morgan fingerprint density at radius 1 is 0.889 bits per heavy atom. The third-order valence-corrected chi connectivity index (χ3v) is 4.82. The van der Waals surface area contributed by atoms with Crippen LogP contribution in [0.3, 0.4) is 0 Å². The molecule has 0 spiro atoms. The molecule has 0 heterocycles. The maximum absolute atomic E-state index is 12.8. The van der Waals surface area contributed by atoms with Crippen molar-refractivity contribution in [3.8, 4) is 0 Å². The summed E-state index contributed by atoms with van der Waals surface area (Å²) in [7, 11) is 5.88. The van der Waals surface area contributed by atoms with E-state index in [1.165, 1.54) is 11.1 Å². The van der Waals surface area contributed by atoms with E-state index in [1.807, 2.05) is 21.1 Å². The minimum atomic E-state index is -0.0818. The predicted octanol–water partition coefficient (Wildman–Crippen LogP) is 5.66. The zero-order chi connectivity index (χ0) is 20.1. The zero-order valence-corrected chi connectivity index (χ0v) is 17.7. The summed E-state index contributed by atoms with van der Waals surface area (Å²) < 4.78 is 0. The van der Waals surface area contributed by atoms with Gasteiger partial charge in [-0.1, -0.05) is 58.0 Å². The Labute approximate surface area is 164 Å². The molecule has 0 atom stereocenters. The van der Waals surface area contributed by atoms with Crippen LogP contribution in [0.4, 0.5) is 16.2 Å². The van der Waals surface area contributed by atoms with Gasteiger partial charge in [-0.2, -0.15) is 0 Å². The van der Waals surface area contributed by atoms with Gasteiger partial charge in [-0.05, 0) is 40.7 Å². The van der Waals surface area contributed by atoms with Crippen molar-refractivity contribution in [2.45, 2.75) is 46.1 Å². The molecule has 1 N–H and O–H groups in total. The van der Waals surface area contributed by atoms with Crippen molar-refractivity contribution in [3.63, 3.8) is 0 Å². The number of hydrogen-bond donors (Lipinski definition) is 1. The molecule has 2 aromatic rings. The van der Waals surface area contributed by atoms with Crippen LogP contribution in [-0.4, -0.2) is 32.1 Å². The molecule has 4 heteroatoms. The number of rotatable bonds is 6. The van der Waals surface area contributed by atoms with E-state index in [1.54, 1.807) is 4.90 Å². The van der Waals surface area contributed by atoms with Gasteiger partial charge in [0, 0.05) is 39.1 Å². The molecule has 0 saturated carbocycles. The monoisotopic (exact) mass is 367 g/mol. The molecule has 2 rings (SSSR count). The minimum absolute atomic E-state index is 0.0818. The van der Waals surface area contributed by atoms with Crippen molar-refractivity contribution in [1.29, 1.82) is 0 Å². The SMILES string of the molecule is CC(C)c1cccc(C(C)C)c1NC(=O)N(C)Cc1ccc(N(C)C)cc1. The summed E-state index contributed by atoms with van der Waals surface area (Å²) in [4.78, 5) is 16.6. The standard InChI is InChI=1S/C23H33N3O/c1-16(2)20-9-8-10-21(17(3)4)22(20)24-23(27)26(7)15-18-11-13-19(14-12-18)25(5)6/h8-14,16-17H,15H2,1-7H3,(H,24,27). The molecule has 2 aromatic carbocycles. The Hall–Kier alpha value is -2.49. The van der Waals surface area contributed by atoms with Crippen molar-refractivity contribution >= 4 is 17.4 Å². The average Bonchev–Trinajstić information content (AvgIpc) is 2.61. The second-order valence-electron chi connectivity index (χ2n) is 7.97. The quantitative estimate of drug-likeness (QED) is 0.714. The van der Waals surface area contributed by atoms with E-state index in [0.29, 0.717) is 18.4 Å². The van der Waals surface area contributed by atoms with Gasteiger partial charge < -0.3 is 15.1 Å². The molecule has 0 aliphatic heterocycles. The van der Waals surface area contributed by atoms with Crippen molar-refractivity contribution in [2.24, 2.45) is 0 Å². The van der Waals surface area contributed by atoms with Crippen LogP contribution in [0.2, 0.25) is 0 Å². The third kappa shape index (κ3) is 5.25. The molecular formula is C23H33N3O. The highest BCUT2D eigenvalue weighted by atomic mass is 16.2. The van der Waals surface area contributed by atoms with Crippen LogP contribution in [0.15, 0.2) is 42.5 Å². The number of hydrogen-bond acceptors (Lipinski definition) is 2. The van der Waals surface area contributed by atoms with Gasteiger partial charge >= 0.3 is 6.03 Å². The zero-order valence-electron chi connectivity index (χ0n) is 17.7. The van der Waals surface area contributed by atoms with Crippen LogP contribution in [0.5, 0.6) is 0 Å². The summed E-state index contributed by atoms with van der Waals surface area (Å²) in [6, 6.07) is 14.5. The number of para-hydroxylation sites is 1. The van der Waals surface area contributed by atoms with Crippen molar-refractivity contribution < 1.29 is 4.79 Å². The molecule has 146 valence electrons. The maximum Gasteiger partial charge on any atom is 0.321 e. The van der Waals surface area contributed by atoms with Gasteiger partial charge in [0.2, 0.25) is 0 Å². The van der Waals surface area contributed by atoms with Crippen LogP contribution >= 0.6 is 0 Å². The molecule has 0 bridgehead atoms. The maximum atomic E-state index is 12.8. The van der Waals surface area contributed by atoms with Gasteiger partial charge in [-0.15, -0.1) is 0 Å². The molecule has 0 fully saturated rings. The first kappa shape index (κ1) is 20.8. The Balaban J connectivity index is 2.16. The molecule has 0 aliphatic carbocycles. The normalized spacial score (nSPS) is 11.0. The van der Waals surface area contributed by atoms with Gasteiger partial charge in [0.15, 0.2) is 0 Å². The number of urea groups is 1. The van der Waals surface area contributed by atoms with Crippen molar-refractivity contribution in [2.75, 3.05) is 31.4 Å². The van der Waals surface area contributed by atoms with E-state index >= 15 is 0 Å². The molecule has 27 heavy (non-hydrogen) atoms. The van der Waals surface area contributed by atoms with Crippen LogP contribution in [0.25, 0.3) is 0 Å². The lowest BCUT2D eigenvalue weighted by Gasteiger charge is -2.24. The van der Waals surface area contributed by atoms with Crippen LogP contribution in [0, 0.1) is 0 Å². The summed E-state index contributed by atoms with van der Waals surface area (Å²) in [5.41, 5.74) is 5.58. The summed E-state index contributed by atoms with van der Waals surface area (Å²) in [5, 5.41) is 3.17. The summed E-state index contributed by atoms with van der Waals surface area (Å²) in [6.45, 7) is 9.20. The second kappa shape index (κ2) is 8.94. The fraction of sp³-hybridized carbons (Fsp3) is 0.435. The van der Waals surface area contributed by atoms with Gasteiger partial charge in [0.1, 0.15) is 0 Å². The minimum Gasteiger partial charge on any atom is -0.378 e. The van der Waals surface area contributed by atoms with Crippen LogP contribution < -0.4 is 10.2 Å². The lowest BCUT2D eigenvalue weighted by atomic mass is 9.93. The smallest absolute Gasteiger partial charge is 0.321 e. The number of anilines is 2. The van der Waals surface area contributed by atoms with E-state index in [2.05, 4.69) is 80.4 Å². The topological polar surface area (TPSA) is 35.6 Å². The number of amides is 2. The first-order valence-corrected chi connectivity index (χ1v) is 9.61. The highest BCUT2D eigenvalue weighted by Crippen LogP contribution is 2.32. The molecular weight excluding hydrogens is 334 g/mol. The van der Waals surface area contributed by atoms with Gasteiger partial charge in [0.05, 0.1) is 0 Å². The Kier molecular flexibility index (Phi) is 6.89. The highest BCUT2D eigenvalue weighted by Gasteiger charge is 2.18. The number of carbonyl (C=O) groups excluding carboxylic acids is 1. The van der Waals surface area contributed by atoms with E-state index in [9.17, 15) is 4.79 Å². The molecule has 0 radical (unpaired) electrons. The highest BCUT2D eigenvalue weighted by molar-refractivity contribution is 5.91. The first-order valence-electron chi connectivity index (χ1n) is 9.61. The van der Waals surface area contributed by atoms with E-state index in [-0.39, 0.29) is 6.03 Å². The van der Waals surface area contributed by atoms with Crippen LogP contribution in [0.1, 0.15) is 56.2 Å². The predicted molar refractivity (Wildman–Crippen MR) is 116 cm³/mol. The Bertz CT molecular complexity index is 737. The summed E-state index contributed by atoms with van der Waals surface area (Å²) in [6.07, 6.45) is 0. The summed E-state index contributed by atoms with van der Waals surface area (Å²) >= 11 is 0. The third-order valence-electron chi connectivity index (χ3n) is 4.82. The average molecular weight is 368 g/mol. The molecule has 0 unspecified atom stereocenters. The van der Waals surface area contributed by atoms with Crippen molar-refractivity contribution in [1.82, 2.24) is 4.90 Å². The number of benzene rings is 2. The molecule has 0 aromatic heterocycles. The van der Waals surface area contributed by atoms with E-state index < -0.39 is 0 Å². The second-order valence-corrected chi connectivity index (χ2v) is 7.97. The molecule has 0 aliphatic rings. The van der Waals surface area contributed by atoms with E-state index in [0.717, 1.165) is 16.9 Å². The van der Waals surface area contributed by atoms with Crippen molar-refractivity contribution in [3.05, 3.63) is 59.2 Å². The Morgan fingerprint density at radius 3 is 1.85 bits per heavy atom. The number of nitrogens with one attached hydrogen (secondary N) is 1. The first-order chi connectivity index (χ1) is 12.7. The fourth-order valence-corrected chi connectivity index (χ4v) is 3.14. The summed E-state index contributed by atoms with van der Waals surface area (Å²) in [5.74, 6) is 0.700. The van der Waals surface area contributed by atoms with Gasteiger partial charge in [-0.25, -0.2) is 4.79 Å². The molecule has 4 nitrogen and oxygen atoms in total.